The summed E-state index contributed by atoms with van der Waals surface area (Å²) in [4.78, 5) is 25.4. The number of rotatable bonds is 10. The number of H-pyrrole nitrogens is 1. The second kappa shape index (κ2) is 14.3. The van der Waals surface area contributed by atoms with Gasteiger partial charge in [-0.3, -0.25) is 19.4 Å². The zero-order chi connectivity index (χ0) is 29.9. The lowest BCUT2D eigenvalue weighted by molar-refractivity contribution is -0.135. The number of ether oxygens (including phenoxy) is 1. The third-order valence-corrected chi connectivity index (χ3v) is 5.72. The van der Waals surface area contributed by atoms with Gasteiger partial charge >= 0.3 is 5.97 Å². The van der Waals surface area contributed by atoms with E-state index in [0.717, 1.165) is 11.3 Å². The number of aliphatic hydroxyl groups excluding tert-OH is 1. The van der Waals surface area contributed by atoms with Crippen LogP contribution in [0.15, 0.2) is 91.4 Å². The Morgan fingerprint density at radius 2 is 1.83 bits per heavy atom. The second-order valence-electron chi connectivity index (χ2n) is 8.92. The molecule has 216 valence electrons. The molecule has 0 aliphatic carbocycles. The van der Waals surface area contributed by atoms with Gasteiger partial charge < -0.3 is 26.0 Å². The molecule has 1 amide bonds. The normalized spacial score (nSPS) is 11.2. The highest BCUT2D eigenvalue weighted by atomic mass is 19.1. The first-order chi connectivity index (χ1) is 20.3. The lowest BCUT2D eigenvalue weighted by Gasteiger charge is -2.08. The highest BCUT2D eigenvalue weighted by molar-refractivity contribution is 5.95. The number of benzene rings is 2. The van der Waals surface area contributed by atoms with Gasteiger partial charge in [0, 0.05) is 41.3 Å². The summed E-state index contributed by atoms with van der Waals surface area (Å²) in [6, 6.07) is 20.1. The van der Waals surface area contributed by atoms with E-state index in [2.05, 4.69) is 25.6 Å². The van der Waals surface area contributed by atoms with Crippen LogP contribution in [0.4, 0.5) is 4.39 Å². The maximum atomic E-state index is 14.3. The van der Waals surface area contributed by atoms with Crippen LogP contribution in [0.5, 0.6) is 11.6 Å². The highest BCUT2D eigenvalue weighted by Gasteiger charge is 2.11. The predicted octanol–water partition coefficient (Wildman–Crippen LogP) is 3.09. The van der Waals surface area contributed by atoms with Crippen LogP contribution in [0.2, 0.25) is 0 Å². The summed E-state index contributed by atoms with van der Waals surface area (Å²) in [6.45, 7) is -0.0282. The summed E-state index contributed by atoms with van der Waals surface area (Å²) < 4.78 is 21.6. The van der Waals surface area contributed by atoms with Crippen LogP contribution in [-0.2, 0) is 11.3 Å². The zero-order valence-corrected chi connectivity index (χ0v) is 22.2. The zero-order valence-electron chi connectivity index (χ0n) is 22.2. The molecule has 5 aromatic rings. The highest BCUT2D eigenvalue weighted by Crippen LogP contribution is 2.27. The third kappa shape index (κ3) is 8.30. The second-order valence-corrected chi connectivity index (χ2v) is 8.92. The van der Waals surface area contributed by atoms with Gasteiger partial charge in [-0.2, -0.15) is 10.2 Å². The van der Waals surface area contributed by atoms with Gasteiger partial charge in [-0.05, 0) is 54.6 Å². The van der Waals surface area contributed by atoms with Crippen LogP contribution in [0.1, 0.15) is 10.4 Å². The molecule has 0 bridgehead atoms. The molecular formula is C29H28FN7O5. The minimum atomic E-state index is -1.05. The smallest absolute Gasteiger partial charge is 0.322 e. The standard InChI is InChI=1S/C20H19FN6O2.C9H9NO3/c21-17-9-14(18-5-7-24-25-18)10-23-20(17)29-16-3-1-13(2-4-16)19-6-8-27(26-19)11-15(22)12-28;11-8(12)6-10-9(13)7-4-2-1-3-5-7/h1-10,15,28H,11-12,22H2,(H,24,25);1-5H,6H2,(H,10,13)(H,11,12). The number of hydrogen-bond acceptors (Lipinski definition) is 8. The molecule has 0 saturated carbocycles. The Labute approximate surface area is 239 Å². The average Bonchev–Trinajstić information content (AvgIpc) is 3.71. The van der Waals surface area contributed by atoms with Crippen LogP contribution in [0.25, 0.3) is 22.5 Å². The van der Waals surface area contributed by atoms with Crippen molar-refractivity contribution in [2.24, 2.45) is 5.73 Å². The van der Waals surface area contributed by atoms with Crippen LogP contribution in [-0.4, -0.2) is 66.2 Å². The van der Waals surface area contributed by atoms with Crippen molar-refractivity contribution in [3.63, 3.8) is 0 Å². The van der Waals surface area contributed by atoms with Crippen molar-refractivity contribution in [1.82, 2.24) is 30.3 Å². The first kappa shape index (κ1) is 29.6. The number of carboxylic acids is 1. The number of nitrogens with one attached hydrogen (secondary N) is 2. The van der Waals surface area contributed by atoms with Crippen molar-refractivity contribution in [1.29, 1.82) is 0 Å². The average molecular weight is 574 g/mol. The molecule has 0 spiro atoms. The van der Waals surface area contributed by atoms with E-state index in [1.165, 1.54) is 12.3 Å². The molecule has 3 heterocycles. The summed E-state index contributed by atoms with van der Waals surface area (Å²) in [6.07, 6.45) is 4.91. The number of aliphatic hydroxyl groups is 1. The van der Waals surface area contributed by atoms with Crippen molar-refractivity contribution in [2.75, 3.05) is 13.2 Å². The van der Waals surface area contributed by atoms with Crippen molar-refractivity contribution in [2.45, 2.75) is 12.6 Å². The minimum absolute atomic E-state index is 0.102. The van der Waals surface area contributed by atoms with Crippen LogP contribution < -0.4 is 15.8 Å². The van der Waals surface area contributed by atoms with Crippen molar-refractivity contribution in [3.05, 3.63) is 103 Å². The lowest BCUT2D eigenvalue weighted by atomic mass is 10.1. The number of nitrogens with two attached hydrogens (primary N) is 1. The van der Waals surface area contributed by atoms with Crippen molar-refractivity contribution >= 4 is 11.9 Å². The number of pyridine rings is 1. The summed E-state index contributed by atoms with van der Waals surface area (Å²) in [5.74, 6) is -1.65. The fraction of sp³-hybridized carbons (Fsp3) is 0.138. The van der Waals surface area contributed by atoms with Gasteiger partial charge in [-0.15, -0.1) is 0 Å². The van der Waals surface area contributed by atoms with Crippen LogP contribution in [0.3, 0.4) is 0 Å². The Bertz CT molecular complexity index is 1590. The molecule has 1 atom stereocenters. The molecule has 0 radical (unpaired) electrons. The van der Waals surface area contributed by atoms with E-state index in [9.17, 15) is 14.0 Å². The number of hydrogen-bond donors (Lipinski definition) is 5. The quantitative estimate of drug-likeness (QED) is 0.168. The van der Waals surface area contributed by atoms with Gasteiger partial charge in [0.2, 0.25) is 0 Å². The Morgan fingerprint density at radius 3 is 2.48 bits per heavy atom. The van der Waals surface area contributed by atoms with E-state index >= 15 is 0 Å². The van der Waals surface area contributed by atoms with E-state index in [1.807, 2.05) is 18.2 Å². The molecule has 3 aromatic heterocycles. The summed E-state index contributed by atoms with van der Waals surface area (Å²) >= 11 is 0. The summed E-state index contributed by atoms with van der Waals surface area (Å²) in [5, 5.41) is 30.6. The van der Waals surface area contributed by atoms with Gasteiger partial charge in [0.05, 0.1) is 24.5 Å². The van der Waals surface area contributed by atoms with E-state index < -0.39 is 11.8 Å². The lowest BCUT2D eigenvalue weighted by Crippen LogP contribution is -2.30. The molecule has 0 fully saturated rings. The third-order valence-electron chi connectivity index (χ3n) is 5.72. The Kier molecular flexibility index (Phi) is 10.1. The molecule has 0 saturated heterocycles. The Hall–Kier alpha value is -5.40. The first-order valence-electron chi connectivity index (χ1n) is 12.7. The Morgan fingerprint density at radius 1 is 1.07 bits per heavy atom. The van der Waals surface area contributed by atoms with Gasteiger partial charge in [0.15, 0.2) is 5.82 Å². The SMILES string of the molecule is NC(CO)Cn1ccc(-c2ccc(Oc3ncc(-c4ccn[nH]4)cc3F)cc2)n1.O=C(O)CNC(=O)c1ccccc1. The number of aliphatic carboxylic acids is 1. The molecule has 1 unspecified atom stereocenters. The largest absolute Gasteiger partial charge is 0.480 e. The number of carbonyl (C=O) groups is 2. The monoisotopic (exact) mass is 573 g/mol. The summed E-state index contributed by atoms with van der Waals surface area (Å²) in [5.41, 5.74) is 9.07. The van der Waals surface area contributed by atoms with E-state index in [1.54, 1.807) is 65.6 Å². The van der Waals surface area contributed by atoms with E-state index in [-0.39, 0.29) is 31.0 Å². The molecule has 42 heavy (non-hydrogen) atoms. The number of amides is 1. The van der Waals surface area contributed by atoms with Crippen molar-refractivity contribution in [3.8, 4) is 34.1 Å². The number of nitrogens with zero attached hydrogens (tertiary/aromatic N) is 4. The van der Waals surface area contributed by atoms with Crippen LogP contribution >= 0.6 is 0 Å². The Balaban J connectivity index is 0.000000262. The number of carboxylic acid groups (broad SMARTS) is 1. The molecule has 0 aliphatic rings. The minimum Gasteiger partial charge on any atom is -0.480 e. The molecule has 2 aromatic carbocycles. The van der Waals surface area contributed by atoms with Gasteiger partial charge in [-0.1, -0.05) is 18.2 Å². The van der Waals surface area contributed by atoms with E-state index in [4.69, 9.17) is 20.7 Å². The molecule has 12 nitrogen and oxygen atoms in total. The topological polar surface area (TPSA) is 181 Å². The first-order valence-corrected chi connectivity index (χ1v) is 12.7. The molecule has 6 N–H and O–H groups in total. The maximum Gasteiger partial charge on any atom is 0.322 e. The van der Waals surface area contributed by atoms with Gasteiger partial charge in [0.25, 0.3) is 11.8 Å². The van der Waals surface area contributed by atoms with Crippen LogP contribution in [0, 0.1) is 5.82 Å². The fourth-order valence-corrected chi connectivity index (χ4v) is 3.63. The number of halogens is 1. The van der Waals surface area contributed by atoms with Crippen molar-refractivity contribution < 1.29 is 28.9 Å². The number of aromatic nitrogens is 5. The molecular weight excluding hydrogens is 545 g/mol. The molecule has 0 aliphatic heterocycles. The van der Waals surface area contributed by atoms with Gasteiger partial charge in [-0.25, -0.2) is 9.37 Å². The number of aromatic amines is 1. The number of carbonyl (C=O) groups excluding carboxylic acids is 1. The molecule has 13 heteroatoms. The summed E-state index contributed by atoms with van der Waals surface area (Å²) in [7, 11) is 0. The van der Waals surface area contributed by atoms with E-state index in [0.29, 0.717) is 29.1 Å². The predicted molar refractivity (Wildman–Crippen MR) is 151 cm³/mol. The maximum absolute atomic E-state index is 14.3. The fourth-order valence-electron chi connectivity index (χ4n) is 3.63. The van der Waals surface area contributed by atoms with Gasteiger partial charge in [0.1, 0.15) is 12.3 Å². The molecule has 5 rings (SSSR count).